The van der Waals surface area contributed by atoms with E-state index in [0.29, 0.717) is 11.5 Å². The second-order valence-corrected chi connectivity index (χ2v) is 4.10. The largest absolute Gasteiger partial charge is 0.493 e. The zero-order valence-electron chi connectivity index (χ0n) is 10.5. The molecule has 0 spiro atoms. The van der Waals surface area contributed by atoms with Gasteiger partial charge < -0.3 is 14.8 Å². The van der Waals surface area contributed by atoms with E-state index in [-0.39, 0.29) is 6.61 Å². The molecule has 18 heavy (non-hydrogen) atoms. The Bertz CT molecular complexity index is 455. The molecule has 0 bridgehead atoms. The molecule has 4 nitrogen and oxygen atoms in total. The Morgan fingerprint density at radius 3 is 2.83 bits per heavy atom. The third-order valence-electron chi connectivity index (χ3n) is 2.44. The number of thiocarbonyl (C=S) groups is 1. The first-order chi connectivity index (χ1) is 8.71. The lowest BCUT2D eigenvalue weighted by Crippen LogP contribution is -2.15. The van der Waals surface area contributed by atoms with E-state index in [0.717, 1.165) is 23.4 Å². The summed E-state index contributed by atoms with van der Waals surface area (Å²) in [6.45, 7) is 0.0134. The molecule has 0 heterocycles. The maximum atomic E-state index is 8.48. The van der Waals surface area contributed by atoms with Gasteiger partial charge in [0.1, 0.15) is 6.07 Å². The molecule has 0 saturated heterocycles. The second kappa shape index (κ2) is 7.51. The maximum Gasteiger partial charge on any atom is 0.174 e. The summed E-state index contributed by atoms with van der Waals surface area (Å²) in [6, 6.07) is 7.60. The van der Waals surface area contributed by atoms with Crippen LogP contribution in [0.4, 0.5) is 0 Å². The normalized spacial score (nSPS) is 9.39. The average Bonchev–Trinajstić information content (AvgIpc) is 2.42. The van der Waals surface area contributed by atoms with Gasteiger partial charge in [-0.25, -0.2) is 0 Å². The van der Waals surface area contributed by atoms with Crippen LogP contribution in [0.5, 0.6) is 11.5 Å². The minimum atomic E-state index is 0.0134. The Labute approximate surface area is 113 Å². The molecule has 0 atom stereocenters. The molecular formula is C13H16N2O2S. The zero-order valence-corrected chi connectivity index (χ0v) is 11.3. The summed E-state index contributed by atoms with van der Waals surface area (Å²) in [7, 11) is 3.40. The van der Waals surface area contributed by atoms with Crippen LogP contribution in [0.25, 0.3) is 0 Å². The van der Waals surface area contributed by atoms with E-state index in [1.807, 2.05) is 31.3 Å². The first kappa shape index (κ1) is 14.3. The lowest BCUT2D eigenvalue weighted by molar-refractivity contribution is 0.329. The monoisotopic (exact) mass is 264 g/mol. The fraction of sp³-hybridized carbons (Fsp3) is 0.385. The van der Waals surface area contributed by atoms with Crippen molar-refractivity contribution in [1.29, 1.82) is 5.26 Å². The van der Waals surface area contributed by atoms with Crippen LogP contribution in [0.1, 0.15) is 12.0 Å². The van der Waals surface area contributed by atoms with Gasteiger partial charge >= 0.3 is 0 Å². The van der Waals surface area contributed by atoms with Gasteiger partial charge in [0, 0.05) is 13.5 Å². The van der Waals surface area contributed by atoms with Gasteiger partial charge in [-0.1, -0.05) is 18.3 Å². The van der Waals surface area contributed by atoms with E-state index in [1.54, 1.807) is 7.11 Å². The number of ether oxygens (including phenoxy) is 2. The summed E-state index contributed by atoms with van der Waals surface area (Å²) in [5, 5.41) is 11.4. The lowest BCUT2D eigenvalue weighted by Gasteiger charge is -2.10. The predicted molar refractivity (Wildman–Crippen MR) is 74.1 cm³/mol. The highest BCUT2D eigenvalue weighted by atomic mass is 32.1. The molecule has 1 aromatic carbocycles. The van der Waals surface area contributed by atoms with Crippen molar-refractivity contribution in [2.24, 2.45) is 0 Å². The fourth-order valence-corrected chi connectivity index (χ4v) is 1.58. The topological polar surface area (TPSA) is 54.3 Å². The van der Waals surface area contributed by atoms with Gasteiger partial charge in [0.25, 0.3) is 0 Å². The van der Waals surface area contributed by atoms with Gasteiger partial charge in [-0.3, -0.25) is 0 Å². The number of nitriles is 1. The predicted octanol–water partition coefficient (Wildman–Crippen LogP) is 2.08. The Hall–Kier alpha value is -1.80. The molecule has 1 rings (SSSR count). The smallest absolute Gasteiger partial charge is 0.174 e. The van der Waals surface area contributed by atoms with Gasteiger partial charge in [0.15, 0.2) is 18.1 Å². The molecule has 1 N–H and O–H groups in total. The highest BCUT2D eigenvalue weighted by Gasteiger charge is 2.06. The number of rotatable bonds is 6. The number of nitrogens with zero attached hydrogens (tertiary/aromatic N) is 1. The second-order valence-electron chi connectivity index (χ2n) is 3.61. The Balaban J connectivity index is 2.72. The van der Waals surface area contributed by atoms with Crippen LogP contribution < -0.4 is 14.8 Å². The van der Waals surface area contributed by atoms with Gasteiger partial charge in [-0.15, -0.1) is 0 Å². The highest BCUT2D eigenvalue weighted by Crippen LogP contribution is 2.28. The van der Waals surface area contributed by atoms with Gasteiger partial charge in [-0.05, 0) is 24.1 Å². The van der Waals surface area contributed by atoms with Crippen molar-refractivity contribution in [3.63, 3.8) is 0 Å². The first-order valence-corrected chi connectivity index (χ1v) is 5.99. The average molecular weight is 264 g/mol. The van der Waals surface area contributed by atoms with Crippen LogP contribution in [0.3, 0.4) is 0 Å². The molecule has 1 aromatic rings. The quantitative estimate of drug-likeness (QED) is 0.797. The zero-order chi connectivity index (χ0) is 13.4. The summed E-state index contributed by atoms with van der Waals surface area (Å²) in [5.41, 5.74) is 1.12. The Morgan fingerprint density at radius 2 is 2.22 bits per heavy atom. The van der Waals surface area contributed by atoms with E-state index < -0.39 is 0 Å². The number of benzene rings is 1. The summed E-state index contributed by atoms with van der Waals surface area (Å²) in [4.78, 5) is 0.832. The number of aryl methyl sites for hydroxylation is 1. The fourth-order valence-electron chi connectivity index (χ4n) is 1.48. The number of methoxy groups -OCH3 is 1. The van der Waals surface area contributed by atoms with Gasteiger partial charge in [-0.2, -0.15) is 5.26 Å². The Kier molecular flexibility index (Phi) is 5.95. The summed E-state index contributed by atoms with van der Waals surface area (Å²) in [5.74, 6) is 1.22. The molecular weight excluding hydrogens is 248 g/mol. The molecule has 0 fully saturated rings. The maximum absolute atomic E-state index is 8.48. The minimum absolute atomic E-state index is 0.0134. The lowest BCUT2D eigenvalue weighted by atomic mass is 10.1. The van der Waals surface area contributed by atoms with Crippen molar-refractivity contribution in [1.82, 2.24) is 5.32 Å². The molecule has 0 aliphatic rings. The van der Waals surface area contributed by atoms with Gasteiger partial charge in [0.05, 0.1) is 12.1 Å². The highest BCUT2D eigenvalue weighted by molar-refractivity contribution is 7.80. The number of nitrogens with one attached hydrogen (secondary N) is 1. The summed E-state index contributed by atoms with van der Waals surface area (Å²) >= 11 is 5.10. The van der Waals surface area contributed by atoms with E-state index >= 15 is 0 Å². The van der Waals surface area contributed by atoms with Crippen LogP contribution in [0.2, 0.25) is 0 Å². The van der Waals surface area contributed by atoms with E-state index in [2.05, 4.69) is 5.32 Å². The van der Waals surface area contributed by atoms with E-state index in [1.165, 1.54) is 0 Å². The summed E-state index contributed by atoms with van der Waals surface area (Å²) < 4.78 is 10.5. The number of hydrogen-bond acceptors (Lipinski definition) is 4. The van der Waals surface area contributed by atoms with Crippen molar-refractivity contribution in [3.05, 3.63) is 23.8 Å². The van der Waals surface area contributed by atoms with Crippen LogP contribution in [0, 0.1) is 11.3 Å². The molecule has 5 heteroatoms. The van der Waals surface area contributed by atoms with Crippen LogP contribution in [-0.4, -0.2) is 25.8 Å². The minimum Gasteiger partial charge on any atom is -0.493 e. The molecule has 96 valence electrons. The molecule has 0 aliphatic heterocycles. The Morgan fingerprint density at radius 1 is 1.44 bits per heavy atom. The molecule has 0 radical (unpaired) electrons. The van der Waals surface area contributed by atoms with Crippen LogP contribution >= 0.6 is 12.2 Å². The molecule has 0 unspecified atom stereocenters. The van der Waals surface area contributed by atoms with Crippen molar-refractivity contribution in [3.8, 4) is 17.6 Å². The van der Waals surface area contributed by atoms with E-state index in [9.17, 15) is 0 Å². The number of hydrogen-bond donors (Lipinski definition) is 1. The van der Waals surface area contributed by atoms with Crippen molar-refractivity contribution >= 4 is 17.2 Å². The van der Waals surface area contributed by atoms with Crippen LogP contribution in [0.15, 0.2) is 18.2 Å². The molecule has 0 aliphatic carbocycles. The van der Waals surface area contributed by atoms with Crippen molar-refractivity contribution in [2.45, 2.75) is 12.8 Å². The molecule has 0 amide bonds. The molecule has 0 aromatic heterocycles. The SMILES string of the molecule is CNC(=S)CCc1ccc(OCC#N)c(OC)c1. The van der Waals surface area contributed by atoms with Crippen LogP contribution in [-0.2, 0) is 6.42 Å². The van der Waals surface area contributed by atoms with E-state index in [4.69, 9.17) is 27.0 Å². The first-order valence-electron chi connectivity index (χ1n) is 5.58. The third-order valence-corrected chi connectivity index (χ3v) is 2.85. The third kappa shape index (κ3) is 4.22. The van der Waals surface area contributed by atoms with Gasteiger partial charge in [0.2, 0.25) is 0 Å². The molecule has 0 saturated carbocycles. The summed E-state index contributed by atoms with van der Waals surface area (Å²) in [6.07, 6.45) is 1.64. The van der Waals surface area contributed by atoms with Crippen molar-refractivity contribution in [2.75, 3.05) is 20.8 Å². The standard InChI is InChI=1S/C13H16N2O2S/c1-15-13(18)6-4-10-3-5-11(17-8-7-14)12(9-10)16-2/h3,5,9H,4,6,8H2,1-2H3,(H,15,18). The van der Waals surface area contributed by atoms with Crippen molar-refractivity contribution < 1.29 is 9.47 Å².